The molecule has 2 rings (SSSR count). The van der Waals surface area contributed by atoms with Gasteiger partial charge in [-0.1, -0.05) is 0 Å². The minimum absolute atomic E-state index is 0.0521. The van der Waals surface area contributed by atoms with Crippen LogP contribution in [0, 0.1) is 10.1 Å². The van der Waals surface area contributed by atoms with E-state index < -0.39 is 22.4 Å². The summed E-state index contributed by atoms with van der Waals surface area (Å²) < 4.78 is 39.1. The molecule has 0 atom stereocenters. The summed E-state index contributed by atoms with van der Waals surface area (Å²) in [5, 5.41) is 13.5. The number of piperidine rings is 1. The maximum absolute atomic E-state index is 13.0. The quantitative estimate of drug-likeness (QED) is 0.688. The normalized spacial score (nSPS) is 17.7. The SMILES string of the molecule is CN1CCC(Nc2ccc([N+](=O)[O-])cc2C(F)(F)F)CC1. The predicted molar refractivity (Wildman–Crippen MR) is 72.2 cm³/mol. The van der Waals surface area contributed by atoms with Gasteiger partial charge in [0.25, 0.3) is 5.69 Å². The molecule has 0 spiro atoms. The van der Waals surface area contributed by atoms with Crippen LogP contribution in [0.2, 0.25) is 0 Å². The topological polar surface area (TPSA) is 58.4 Å². The van der Waals surface area contributed by atoms with E-state index in [1.807, 2.05) is 7.05 Å². The number of hydrogen-bond donors (Lipinski definition) is 1. The number of nitro benzene ring substituents is 1. The first-order chi connectivity index (χ1) is 9.77. The van der Waals surface area contributed by atoms with Gasteiger partial charge in [0.15, 0.2) is 0 Å². The van der Waals surface area contributed by atoms with E-state index in [1.54, 1.807) is 0 Å². The predicted octanol–water partition coefficient (Wildman–Crippen LogP) is 3.12. The van der Waals surface area contributed by atoms with Crippen molar-refractivity contribution in [1.82, 2.24) is 4.90 Å². The maximum atomic E-state index is 13.0. The number of likely N-dealkylation sites (tertiary alicyclic amines) is 1. The van der Waals surface area contributed by atoms with Gasteiger partial charge < -0.3 is 10.2 Å². The molecule has 1 aromatic carbocycles. The van der Waals surface area contributed by atoms with Gasteiger partial charge in [0.2, 0.25) is 0 Å². The minimum atomic E-state index is -4.63. The summed E-state index contributed by atoms with van der Waals surface area (Å²) in [4.78, 5) is 11.9. The maximum Gasteiger partial charge on any atom is 0.418 e. The number of rotatable bonds is 3. The molecule has 1 N–H and O–H groups in total. The zero-order valence-corrected chi connectivity index (χ0v) is 11.5. The second kappa shape index (κ2) is 5.88. The van der Waals surface area contributed by atoms with Crippen LogP contribution in [0.15, 0.2) is 18.2 Å². The molecule has 0 saturated carbocycles. The van der Waals surface area contributed by atoms with Gasteiger partial charge in [0, 0.05) is 23.9 Å². The lowest BCUT2D eigenvalue weighted by atomic mass is 10.0. The van der Waals surface area contributed by atoms with E-state index in [4.69, 9.17) is 0 Å². The highest BCUT2D eigenvalue weighted by Crippen LogP contribution is 2.37. The Balaban J connectivity index is 2.24. The molecule has 0 amide bonds. The Morgan fingerprint density at radius 1 is 1.33 bits per heavy atom. The molecule has 5 nitrogen and oxygen atoms in total. The van der Waals surface area contributed by atoms with Crippen molar-refractivity contribution in [2.45, 2.75) is 25.1 Å². The third kappa shape index (κ3) is 3.84. The summed E-state index contributed by atoms with van der Waals surface area (Å²) in [6.07, 6.45) is -3.14. The van der Waals surface area contributed by atoms with Crippen LogP contribution in [0.3, 0.4) is 0 Å². The fourth-order valence-corrected chi connectivity index (χ4v) is 2.38. The number of nitrogens with zero attached hydrogens (tertiary/aromatic N) is 2. The Labute approximate surface area is 119 Å². The van der Waals surface area contributed by atoms with Crippen LogP contribution in [-0.2, 0) is 6.18 Å². The van der Waals surface area contributed by atoms with Crippen molar-refractivity contribution in [2.24, 2.45) is 0 Å². The van der Waals surface area contributed by atoms with Crippen LogP contribution in [0.4, 0.5) is 24.5 Å². The number of alkyl halides is 3. The molecule has 0 unspecified atom stereocenters. The van der Waals surface area contributed by atoms with Crippen molar-refractivity contribution in [1.29, 1.82) is 0 Å². The van der Waals surface area contributed by atoms with Crippen LogP contribution in [0.25, 0.3) is 0 Å². The summed E-state index contributed by atoms with van der Waals surface area (Å²) in [6.45, 7) is 1.62. The number of benzene rings is 1. The summed E-state index contributed by atoms with van der Waals surface area (Å²) in [7, 11) is 1.96. The Morgan fingerprint density at radius 3 is 2.48 bits per heavy atom. The molecule has 0 aromatic heterocycles. The summed E-state index contributed by atoms with van der Waals surface area (Å²) in [5.41, 5.74) is -1.64. The summed E-state index contributed by atoms with van der Waals surface area (Å²) in [5.74, 6) is 0. The van der Waals surface area contributed by atoms with E-state index in [-0.39, 0.29) is 11.7 Å². The van der Waals surface area contributed by atoms with E-state index >= 15 is 0 Å². The largest absolute Gasteiger partial charge is 0.418 e. The average molecular weight is 303 g/mol. The fraction of sp³-hybridized carbons (Fsp3) is 0.538. The Bertz CT molecular complexity index is 526. The standard InChI is InChI=1S/C13H16F3N3O2/c1-18-6-4-9(5-7-18)17-12-3-2-10(19(20)21)8-11(12)13(14,15)16/h2-3,8-9,17H,4-7H2,1H3. The van der Waals surface area contributed by atoms with Crippen LogP contribution in [-0.4, -0.2) is 36.0 Å². The molecule has 1 saturated heterocycles. The number of halogens is 3. The highest BCUT2D eigenvalue weighted by Gasteiger charge is 2.35. The Hall–Kier alpha value is -1.83. The van der Waals surface area contributed by atoms with Gasteiger partial charge in [-0.2, -0.15) is 13.2 Å². The zero-order valence-electron chi connectivity index (χ0n) is 11.5. The first-order valence-electron chi connectivity index (χ1n) is 6.58. The van der Waals surface area contributed by atoms with E-state index in [0.717, 1.165) is 38.1 Å². The van der Waals surface area contributed by atoms with Crippen LogP contribution in [0.5, 0.6) is 0 Å². The third-order valence-corrected chi connectivity index (χ3v) is 3.60. The Morgan fingerprint density at radius 2 is 1.95 bits per heavy atom. The molecular weight excluding hydrogens is 287 g/mol. The first-order valence-corrected chi connectivity index (χ1v) is 6.58. The number of nitro groups is 1. The van der Waals surface area contributed by atoms with Gasteiger partial charge in [0.05, 0.1) is 10.5 Å². The molecule has 8 heteroatoms. The highest BCUT2D eigenvalue weighted by molar-refractivity contribution is 5.58. The zero-order chi connectivity index (χ0) is 15.6. The van der Waals surface area contributed by atoms with Crippen molar-refractivity contribution in [3.63, 3.8) is 0 Å². The van der Waals surface area contributed by atoms with Gasteiger partial charge in [-0.05, 0) is 39.0 Å². The van der Waals surface area contributed by atoms with Gasteiger partial charge in [-0.25, -0.2) is 0 Å². The Kier molecular flexibility index (Phi) is 4.36. The van der Waals surface area contributed by atoms with E-state index in [1.165, 1.54) is 0 Å². The van der Waals surface area contributed by atoms with Gasteiger partial charge in [0.1, 0.15) is 0 Å². The average Bonchev–Trinajstić information content (AvgIpc) is 2.40. The summed E-state index contributed by atoms with van der Waals surface area (Å²) >= 11 is 0. The number of hydrogen-bond acceptors (Lipinski definition) is 4. The van der Waals surface area contributed by atoms with E-state index in [9.17, 15) is 23.3 Å². The number of anilines is 1. The number of nitrogens with one attached hydrogen (secondary N) is 1. The molecule has 1 aromatic rings. The summed E-state index contributed by atoms with van der Waals surface area (Å²) in [6, 6.07) is 2.76. The van der Waals surface area contributed by atoms with Gasteiger partial charge >= 0.3 is 6.18 Å². The van der Waals surface area contributed by atoms with E-state index in [2.05, 4.69) is 10.2 Å². The lowest BCUT2D eigenvalue weighted by Crippen LogP contribution is -2.37. The molecule has 0 radical (unpaired) electrons. The lowest BCUT2D eigenvalue weighted by molar-refractivity contribution is -0.385. The fourth-order valence-electron chi connectivity index (χ4n) is 2.38. The molecule has 1 fully saturated rings. The lowest BCUT2D eigenvalue weighted by Gasteiger charge is -2.30. The van der Waals surface area contributed by atoms with Crippen LogP contribution < -0.4 is 5.32 Å². The van der Waals surface area contributed by atoms with Crippen molar-refractivity contribution in [3.8, 4) is 0 Å². The first kappa shape index (κ1) is 15.6. The second-order valence-corrected chi connectivity index (χ2v) is 5.21. The van der Waals surface area contributed by atoms with Crippen LogP contribution >= 0.6 is 0 Å². The molecule has 1 heterocycles. The molecular formula is C13H16F3N3O2. The molecule has 21 heavy (non-hydrogen) atoms. The molecule has 1 aliphatic heterocycles. The van der Waals surface area contributed by atoms with Crippen LogP contribution in [0.1, 0.15) is 18.4 Å². The van der Waals surface area contributed by atoms with Gasteiger partial charge in [-0.3, -0.25) is 10.1 Å². The van der Waals surface area contributed by atoms with E-state index in [0.29, 0.717) is 6.07 Å². The van der Waals surface area contributed by atoms with Crippen molar-refractivity contribution in [2.75, 3.05) is 25.5 Å². The third-order valence-electron chi connectivity index (χ3n) is 3.60. The molecule has 0 bridgehead atoms. The minimum Gasteiger partial charge on any atom is -0.382 e. The second-order valence-electron chi connectivity index (χ2n) is 5.21. The van der Waals surface area contributed by atoms with Crippen molar-refractivity contribution >= 4 is 11.4 Å². The molecule has 0 aliphatic carbocycles. The van der Waals surface area contributed by atoms with Crippen molar-refractivity contribution in [3.05, 3.63) is 33.9 Å². The molecule has 116 valence electrons. The van der Waals surface area contributed by atoms with Crippen molar-refractivity contribution < 1.29 is 18.1 Å². The monoisotopic (exact) mass is 303 g/mol. The molecule has 1 aliphatic rings. The van der Waals surface area contributed by atoms with Gasteiger partial charge in [-0.15, -0.1) is 0 Å². The number of non-ortho nitro benzene ring substituents is 1. The highest BCUT2D eigenvalue weighted by atomic mass is 19.4. The smallest absolute Gasteiger partial charge is 0.382 e.